The molecule has 128 valence electrons. The third-order valence-electron chi connectivity index (χ3n) is 3.49. The van der Waals surface area contributed by atoms with Gasteiger partial charge in [-0.05, 0) is 36.8 Å². The third kappa shape index (κ3) is 5.83. The zero-order valence-corrected chi connectivity index (χ0v) is 14.5. The van der Waals surface area contributed by atoms with Crippen LogP contribution in [0, 0.1) is 6.92 Å². The van der Waals surface area contributed by atoms with Gasteiger partial charge in [-0.15, -0.1) is 0 Å². The van der Waals surface area contributed by atoms with Crippen LogP contribution in [0.15, 0.2) is 53.5 Å². The van der Waals surface area contributed by atoms with E-state index in [0.29, 0.717) is 13.2 Å². The molecule has 5 nitrogen and oxygen atoms in total. The van der Waals surface area contributed by atoms with Gasteiger partial charge < -0.3 is 20.1 Å². The van der Waals surface area contributed by atoms with Crippen LogP contribution >= 0.6 is 0 Å². The maximum absolute atomic E-state index is 5.68. The van der Waals surface area contributed by atoms with E-state index >= 15 is 0 Å². The number of aliphatic imine (C=N–C) groups is 1. The van der Waals surface area contributed by atoms with E-state index in [1.165, 1.54) is 11.1 Å². The van der Waals surface area contributed by atoms with Crippen molar-refractivity contribution in [1.29, 1.82) is 0 Å². The van der Waals surface area contributed by atoms with Crippen molar-refractivity contribution < 1.29 is 9.47 Å². The van der Waals surface area contributed by atoms with Crippen molar-refractivity contribution >= 4 is 5.96 Å². The SMILES string of the molecule is CN=C(NCCOc1ccc(OC)cc1)NCc1cccc(C)c1. The molecule has 2 N–H and O–H groups in total. The lowest BCUT2D eigenvalue weighted by Gasteiger charge is -2.13. The van der Waals surface area contributed by atoms with Crippen LogP contribution in [0.5, 0.6) is 11.5 Å². The third-order valence-corrected chi connectivity index (χ3v) is 3.49. The number of rotatable bonds is 7. The first-order valence-corrected chi connectivity index (χ1v) is 7.98. The molecule has 24 heavy (non-hydrogen) atoms. The van der Waals surface area contributed by atoms with E-state index in [-0.39, 0.29) is 0 Å². The molecule has 0 fully saturated rings. The summed E-state index contributed by atoms with van der Waals surface area (Å²) in [6.45, 7) is 4.05. The lowest BCUT2D eigenvalue weighted by Crippen LogP contribution is -2.38. The van der Waals surface area contributed by atoms with E-state index in [1.54, 1.807) is 14.2 Å². The predicted molar refractivity (Wildman–Crippen MR) is 97.9 cm³/mol. The standard InChI is InChI=1S/C19H25N3O2/c1-15-5-4-6-16(13-15)14-22-19(20-2)21-11-12-24-18-9-7-17(23-3)8-10-18/h4-10,13H,11-12,14H2,1-3H3,(H2,20,21,22). The van der Waals surface area contributed by atoms with Crippen LogP contribution in [0.2, 0.25) is 0 Å². The highest BCUT2D eigenvalue weighted by atomic mass is 16.5. The highest BCUT2D eigenvalue weighted by Crippen LogP contribution is 2.16. The first-order chi connectivity index (χ1) is 11.7. The van der Waals surface area contributed by atoms with Crippen molar-refractivity contribution in [3.63, 3.8) is 0 Å². The quantitative estimate of drug-likeness (QED) is 0.466. The molecule has 2 rings (SSSR count). The number of hydrogen-bond donors (Lipinski definition) is 2. The number of guanidine groups is 1. The number of methoxy groups -OCH3 is 1. The Bertz CT molecular complexity index is 654. The molecule has 0 aliphatic carbocycles. The molecule has 0 amide bonds. The van der Waals surface area contributed by atoms with Crippen LogP contribution in [0.1, 0.15) is 11.1 Å². The van der Waals surface area contributed by atoms with Gasteiger partial charge in [-0.2, -0.15) is 0 Å². The van der Waals surface area contributed by atoms with Crippen molar-refractivity contribution in [2.24, 2.45) is 4.99 Å². The Morgan fingerprint density at radius 3 is 2.46 bits per heavy atom. The number of ether oxygens (including phenoxy) is 2. The summed E-state index contributed by atoms with van der Waals surface area (Å²) in [4.78, 5) is 4.22. The normalized spacial score (nSPS) is 11.0. The van der Waals surface area contributed by atoms with Crippen molar-refractivity contribution in [1.82, 2.24) is 10.6 Å². The summed E-state index contributed by atoms with van der Waals surface area (Å²) >= 11 is 0. The molecule has 0 spiro atoms. The zero-order valence-electron chi connectivity index (χ0n) is 14.5. The Morgan fingerprint density at radius 1 is 1.04 bits per heavy atom. The second kappa shape index (κ2) is 9.45. The van der Waals surface area contributed by atoms with E-state index in [0.717, 1.165) is 24.0 Å². The van der Waals surface area contributed by atoms with Crippen molar-refractivity contribution in [3.8, 4) is 11.5 Å². The molecule has 2 aromatic rings. The minimum Gasteiger partial charge on any atom is -0.497 e. The second-order valence-electron chi connectivity index (χ2n) is 5.37. The van der Waals surface area contributed by atoms with Gasteiger partial charge >= 0.3 is 0 Å². The highest BCUT2D eigenvalue weighted by molar-refractivity contribution is 5.79. The maximum Gasteiger partial charge on any atom is 0.191 e. The fourth-order valence-corrected chi connectivity index (χ4v) is 2.24. The zero-order chi connectivity index (χ0) is 17.2. The molecule has 0 aliphatic rings. The fraction of sp³-hybridized carbons (Fsp3) is 0.316. The minimum absolute atomic E-state index is 0.553. The molecule has 0 saturated carbocycles. The molecule has 2 aromatic carbocycles. The van der Waals surface area contributed by atoms with Crippen LogP contribution in [0.3, 0.4) is 0 Å². The summed E-state index contributed by atoms with van der Waals surface area (Å²) in [6, 6.07) is 16.0. The van der Waals surface area contributed by atoms with Gasteiger partial charge in [0.1, 0.15) is 18.1 Å². The summed E-state index contributed by atoms with van der Waals surface area (Å²) in [5.74, 6) is 2.40. The lowest BCUT2D eigenvalue weighted by molar-refractivity contribution is 0.321. The van der Waals surface area contributed by atoms with E-state index in [4.69, 9.17) is 9.47 Å². The Labute approximate surface area is 143 Å². The van der Waals surface area contributed by atoms with Crippen LogP contribution in [0.25, 0.3) is 0 Å². The van der Waals surface area contributed by atoms with E-state index in [9.17, 15) is 0 Å². The van der Waals surface area contributed by atoms with E-state index in [2.05, 4.69) is 46.8 Å². The smallest absolute Gasteiger partial charge is 0.191 e. The first kappa shape index (κ1) is 17.7. The Hall–Kier alpha value is -2.69. The Balaban J connectivity index is 1.69. The number of nitrogens with zero attached hydrogens (tertiary/aromatic N) is 1. The molecule has 0 atom stereocenters. The number of benzene rings is 2. The van der Waals surface area contributed by atoms with Crippen molar-refractivity contribution in [2.45, 2.75) is 13.5 Å². The van der Waals surface area contributed by atoms with E-state index in [1.807, 2.05) is 24.3 Å². The molecule has 0 saturated heterocycles. The Kier molecular flexibility index (Phi) is 6.95. The maximum atomic E-state index is 5.68. The molecule has 5 heteroatoms. The van der Waals surface area contributed by atoms with Gasteiger partial charge in [0.25, 0.3) is 0 Å². The van der Waals surface area contributed by atoms with Gasteiger partial charge in [0.05, 0.1) is 13.7 Å². The fourth-order valence-electron chi connectivity index (χ4n) is 2.24. The van der Waals surface area contributed by atoms with Crippen molar-refractivity contribution in [3.05, 3.63) is 59.7 Å². The number of hydrogen-bond acceptors (Lipinski definition) is 3. The lowest BCUT2D eigenvalue weighted by atomic mass is 10.1. The van der Waals surface area contributed by atoms with Gasteiger partial charge in [0, 0.05) is 13.6 Å². The predicted octanol–water partition coefficient (Wildman–Crippen LogP) is 2.75. The van der Waals surface area contributed by atoms with Gasteiger partial charge in [0.15, 0.2) is 5.96 Å². The molecular weight excluding hydrogens is 302 g/mol. The van der Waals surface area contributed by atoms with Gasteiger partial charge in [-0.1, -0.05) is 29.8 Å². The number of nitrogens with one attached hydrogen (secondary N) is 2. The summed E-state index contributed by atoms with van der Waals surface area (Å²) in [5.41, 5.74) is 2.48. The molecule has 0 heterocycles. The second-order valence-corrected chi connectivity index (χ2v) is 5.37. The van der Waals surface area contributed by atoms with Crippen LogP contribution in [0.4, 0.5) is 0 Å². The summed E-state index contributed by atoms with van der Waals surface area (Å²) < 4.78 is 10.8. The summed E-state index contributed by atoms with van der Waals surface area (Å²) in [6.07, 6.45) is 0. The van der Waals surface area contributed by atoms with Gasteiger partial charge in [-0.3, -0.25) is 4.99 Å². The molecule has 0 aliphatic heterocycles. The highest BCUT2D eigenvalue weighted by Gasteiger charge is 1.99. The number of aryl methyl sites for hydroxylation is 1. The topological polar surface area (TPSA) is 54.9 Å². The average molecular weight is 327 g/mol. The molecule has 0 bridgehead atoms. The van der Waals surface area contributed by atoms with E-state index < -0.39 is 0 Å². The summed E-state index contributed by atoms with van der Waals surface area (Å²) in [5, 5.41) is 6.53. The summed E-state index contributed by atoms with van der Waals surface area (Å²) in [7, 11) is 3.41. The first-order valence-electron chi connectivity index (χ1n) is 7.98. The molecule has 0 unspecified atom stereocenters. The molecular formula is C19H25N3O2. The largest absolute Gasteiger partial charge is 0.497 e. The van der Waals surface area contributed by atoms with Crippen molar-refractivity contribution in [2.75, 3.05) is 27.3 Å². The van der Waals surface area contributed by atoms with Crippen LogP contribution in [-0.4, -0.2) is 33.3 Å². The molecule has 0 radical (unpaired) electrons. The monoisotopic (exact) mass is 327 g/mol. The average Bonchev–Trinajstić information content (AvgIpc) is 2.61. The van der Waals surface area contributed by atoms with Crippen LogP contribution in [-0.2, 0) is 6.54 Å². The van der Waals surface area contributed by atoms with Crippen LogP contribution < -0.4 is 20.1 Å². The van der Waals surface area contributed by atoms with Gasteiger partial charge in [0.2, 0.25) is 0 Å². The molecule has 0 aromatic heterocycles. The minimum atomic E-state index is 0.553. The van der Waals surface area contributed by atoms with Gasteiger partial charge in [-0.25, -0.2) is 0 Å². The Morgan fingerprint density at radius 2 is 1.79 bits per heavy atom.